The SMILES string of the molecule is CC(C)NCC(O)COc1ccccc1-c1cn[nH]c(=O)c1. The zero-order valence-corrected chi connectivity index (χ0v) is 12.7. The van der Waals surface area contributed by atoms with Gasteiger partial charge in [0, 0.05) is 29.8 Å². The van der Waals surface area contributed by atoms with Crippen molar-refractivity contribution >= 4 is 0 Å². The molecule has 0 saturated carbocycles. The van der Waals surface area contributed by atoms with Crippen molar-refractivity contribution in [3.8, 4) is 16.9 Å². The van der Waals surface area contributed by atoms with Gasteiger partial charge >= 0.3 is 0 Å². The molecule has 22 heavy (non-hydrogen) atoms. The highest BCUT2D eigenvalue weighted by Crippen LogP contribution is 2.28. The fraction of sp³-hybridized carbons (Fsp3) is 0.375. The van der Waals surface area contributed by atoms with Crippen LogP contribution in [0.5, 0.6) is 5.75 Å². The fourth-order valence-corrected chi connectivity index (χ4v) is 1.97. The normalized spacial score (nSPS) is 12.4. The van der Waals surface area contributed by atoms with Crippen LogP contribution in [0.1, 0.15) is 13.8 Å². The number of ether oxygens (including phenoxy) is 1. The molecule has 0 fully saturated rings. The molecule has 3 N–H and O–H groups in total. The molecule has 1 atom stereocenters. The first-order valence-electron chi connectivity index (χ1n) is 7.24. The van der Waals surface area contributed by atoms with Gasteiger partial charge in [-0.2, -0.15) is 5.10 Å². The summed E-state index contributed by atoms with van der Waals surface area (Å²) < 4.78 is 5.70. The molecule has 0 radical (unpaired) electrons. The molecule has 0 aliphatic heterocycles. The van der Waals surface area contributed by atoms with Crippen molar-refractivity contribution in [1.82, 2.24) is 15.5 Å². The van der Waals surface area contributed by atoms with Crippen molar-refractivity contribution in [2.45, 2.75) is 26.0 Å². The largest absolute Gasteiger partial charge is 0.490 e. The molecule has 6 heteroatoms. The second kappa shape index (κ2) is 7.72. The molecule has 0 amide bonds. The van der Waals surface area contributed by atoms with Crippen LogP contribution in [0.4, 0.5) is 0 Å². The molecule has 0 aliphatic rings. The number of aliphatic hydroxyl groups is 1. The lowest BCUT2D eigenvalue weighted by Crippen LogP contribution is -2.35. The number of hydrogen-bond acceptors (Lipinski definition) is 5. The number of rotatable bonds is 7. The molecular formula is C16H21N3O3. The van der Waals surface area contributed by atoms with Gasteiger partial charge < -0.3 is 15.2 Å². The summed E-state index contributed by atoms with van der Waals surface area (Å²) in [5, 5.41) is 19.2. The van der Waals surface area contributed by atoms with E-state index in [0.29, 0.717) is 23.9 Å². The van der Waals surface area contributed by atoms with E-state index in [1.165, 1.54) is 6.07 Å². The van der Waals surface area contributed by atoms with Crippen molar-refractivity contribution in [1.29, 1.82) is 0 Å². The zero-order valence-electron chi connectivity index (χ0n) is 12.7. The Balaban J connectivity index is 2.07. The summed E-state index contributed by atoms with van der Waals surface area (Å²) in [5.41, 5.74) is 1.17. The van der Waals surface area contributed by atoms with Crippen LogP contribution in [0.2, 0.25) is 0 Å². The smallest absolute Gasteiger partial charge is 0.264 e. The van der Waals surface area contributed by atoms with Gasteiger partial charge in [0.2, 0.25) is 0 Å². The lowest BCUT2D eigenvalue weighted by atomic mass is 10.1. The number of nitrogens with zero attached hydrogens (tertiary/aromatic N) is 1. The maximum absolute atomic E-state index is 11.4. The van der Waals surface area contributed by atoms with E-state index in [0.717, 1.165) is 5.56 Å². The van der Waals surface area contributed by atoms with Gasteiger partial charge in [-0.1, -0.05) is 32.0 Å². The molecule has 6 nitrogen and oxygen atoms in total. The second-order valence-corrected chi connectivity index (χ2v) is 5.36. The first-order chi connectivity index (χ1) is 10.6. The predicted molar refractivity (Wildman–Crippen MR) is 84.9 cm³/mol. The van der Waals surface area contributed by atoms with Crippen LogP contribution in [-0.4, -0.2) is 40.6 Å². The average molecular weight is 303 g/mol. The summed E-state index contributed by atoms with van der Waals surface area (Å²) in [7, 11) is 0. The minimum atomic E-state index is -0.604. The van der Waals surface area contributed by atoms with Gasteiger partial charge in [-0.15, -0.1) is 0 Å². The minimum Gasteiger partial charge on any atom is -0.490 e. The number of H-pyrrole nitrogens is 1. The maximum Gasteiger partial charge on any atom is 0.264 e. The molecule has 0 spiro atoms. The van der Waals surface area contributed by atoms with Crippen molar-refractivity contribution in [3.05, 3.63) is 46.9 Å². The second-order valence-electron chi connectivity index (χ2n) is 5.36. The Hall–Kier alpha value is -2.18. The third-order valence-corrected chi connectivity index (χ3v) is 3.06. The Kier molecular flexibility index (Phi) is 5.68. The first kappa shape index (κ1) is 16.2. The van der Waals surface area contributed by atoms with Gasteiger partial charge in [-0.3, -0.25) is 4.79 Å². The Morgan fingerprint density at radius 1 is 1.36 bits per heavy atom. The van der Waals surface area contributed by atoms with Crippen LogP contribution >= 0.6 is 0 Å². The number of hydrogen-bond donors (Lipinski definition) is 3. The van der Waals surface area contributed by atoms with Gasteiger partial charge in [-0.25, -0.2) is 5.10 Å². The molecule has 1 heterocycles. The number of aliphatic hydroxyl groups excluding tert-OH is 1. The van der Waals surface area contributed by atoms with Crippen molar-refractivity contribution < 1.29 is 9.84 Å². The Labute approximate surface area is 129 Å². The van der Waals surface area contributed by atoms with Crippen LogP contribution in [0, 0.1) is 0 Å². The summed E-state index contributed by atoms with van der Waals surface area (Å²) in [5.74, 6) is 0.610. The van der Waals surface area contributed by atoms with Gasteiger partial charge in [0.1, 0.15) is 18.5 Å². The highest BCUT2D eigenvalue weighted by Gasteiger charge is 2.10. The third kappa shape index (κ3) is 4.68. The first-order valence-corrected chi connectivity index (χ1v) is 7.24. The van der Waals surface area contributed by atoms with Gasteiger partial charge in [0.05, 0.1) is 6.20 Å². The summed E-state index contributed by atoms with van der Waals surface area (Å²) in [4.78, 5) is 11.4. The number of nitrogens with one attached hydrogen (secondary N) is 2. The standard InChI is InChI=1S/C16H21N3O3/c1-11(2)17-9-13(20)10-22-15-6-4-3-5-14(15)12-7-16(21)19-18-8-12/h3-8,11,13,17,20H,9-10H2,1-2H3,(H,19,21). The summed E-state index contributed by atoms with van der Waals surface area (Å²) in [6.45, 7) is 4.67. The summed E-state index contributed by atoms with van der Waals surface area (Å²) >= 11 is 0. The van der Waals surface area contributed by atoms with E-state index in [-0.39, 0.29) is 12.2 Å². The number of aromatic amines is 1. The third-order valence-electron chi connectivity index (χ3n) is 3.06. The van der Waals surface area contributed by atoms with E-state index < -0.39 is 6.10 Å². The summed E-state index contributed by atoms with van der Waals surface area (Å²) in [6, 6.07) is 9.14. The molecule has 1 aromatic heterocycles. The molecule has 118 valence electrons. The Bertz CT molecular complexity index is 655. The highest BCUT2D eigenvalue weighted by atomic mass is 16.5. The van der Waals surface area contributed by atoms with Crippen molar-refractivity contribution in [2.75, 3.05) is 13.2 Å². The predicted octanol–water partition coefficient (Wildman–Crippen LogP) is 1.17. The molecule has 2 rings (SSSR count). The molecule has 1 aromatic carbocycles. The van der Waals surface area contributed by atoms with Crippen molar-refractivity contribution in [2.24, 2.45) is 0 Å². The van der Waals surface area contributed by atoms with Crippen LogP contribution < -0.4 is 15.6 Å². The number of benzene rings is 1. The number of para-hydroxylation sites is 1. The Morgan fingerprint density at radius 3 is 2.86 bits per heavy atom. The lowest BCUT2D eigenvalue weighted by molar-refractivity contribution is 0.105. The zero-order chi connectivity index (χ0) is 15.9. The van der Waals surface area contributed by atoms with Gasteiger partial charge in [-0.05, 0) is 6.07 Å². The van der Waals surface area contributed by atoms with E-state index in [2.05, 4.69) is 15.5 Å². The average Bonchev–Trinajstić information content (AvgIpc) is 2.51. The fourth-order valence-electron chi connectivity index (χ4n) is 1.97. The van der Waals surface area contributed by atoms with Crippen LogP contribution in [-0.2, 0) is 0 Å². The quantitative estimate of drug-likeness (QED) is 0.715. The minimum absolute atomic E-state index is 0.174. The highest BCUT2D eigenvalue weighted by molar-refractivity contribution is 5.69. The van der Waals surface area contributed by atoms with Crippen LogP contribution in [0.3, 0.4) is 0 Å². The molecule has 0 aliphatic carbocycles. The van der Waals surface area contributed by atoms with E-state index in [1.54, 1.807) is 12.3 Å². The molecule has 0 saturated heterocycles. The topological polar surface area (TPSA) is 87.2 Å². The summed E-state index contributed by atoms with van der Waals surface area (Å²) in [6.07, 6.45) is 0.966. The molecule has 2 aromatic rings. The van der Waals surface area contributed by atoms with E-state index in [9.17, 15) is 9.90 Å². The van der Waals surface area contributed by atoms with Gasteiger partial charge in [0.25, 0.3) is 5.56 Å². The van der Waals surface area contributed by atoms with E-state index in [1.807, 2.05) is 32.0 Å². The van der Waals surface area contributed by atoms with E-state index in [4.69, 9.17) is 4.74 Å². The van der Waals surface area contributed by atoms with Crippen LogP contribution in [0.15, 0.2) is 41.3 Å². The molecule has 1 unspecified atom stereocenters. The Morgan fingerprint density at radius 2 is 2.14 bits per heavy atom. The monoisotopic (exact) mass is 303 g/mol. The van der Waals surface area contributed by atoms with Crippen LogP contribution in [0.25, 0.3) is 11.1 Å². The van der Waals surface area contributed by atoms with E-state index >= 15 is 0 Å². The van der Waals surface area contributed by atoms with Crippen molar-refractivity contribution in [3.63, 3.8) is 0 Å². The lowest BCUT2D eigenvalue weighted by Gasteiger charge is -2.16. The molecular weight excluding hydrogens is 282 g/mol. The molecule has 0 bridgehead atoms. The number of aromatic nitrogens is 2. The maximum atomic E-state index is 11.4. The van der Waals surface area contributed by atoms with Gasteiger partial charge in [0.15, 0.2) is 0 Å².